The van der Waals surface area contributed by atoms with Gasteiger partial charge in [0.1, 0.15) is 0 Å². The number of nitrogens with two attached hydrogens (primary N) is 1. The Balaban J connectivity index is 1.91. The molecule has 1 aliphatic rings. The number of halogens is 2. The highest BCUT2D eigenvalue weighted by molar-refractivity contribution is 9.10. The molecule has 1 aliphatic carbocycles. The van der Waals surface area contributed by atoms with E-state index in [9.17, 15) is 0 Å². The van der Waals surface area contributed by atoms with Crippen LogP contribution >= 0.6 is 27.5 Å². The van der Waals surface area contributed by atoms with Crippen molar-refractivity contribution in [2.75, 3.05) is 0 Å². The van der Waals surface area contributed by atoms with E-state index >= 15 is 0 Å². The Kier molecular flexibility index (Phi) is 4.16. The van der Waals surface area contributed by atoms with Crippen molar-refractivity contribution >= 4 is 27.5 Å². The van der Waals surface area contributed by atoms with Gasteiger partial charge in [0.05, 0.1) is 6.04 Å². The molecule has 104 valence electrons. The Morgan fingerprint density at radius 3 is 2.55 bits per heavy atom. The topological polar surface area (TPSA) is 26.0 Å². The standard InChI is InChI=1S/C17H17BrClN/c18-15-8-14(9-16(19)10-15)17(20)13-6-2-5-12(7-13)11-3-1-4-11/h2,5-11,17H,1,3-4,20H2. The van der Waals surface area contributed by atoms with Crippen molar-refractivity contribution in [2.45, 2.75) is 31.2 Å². The second-order valence-electron chi connectivity index (χ2n) is 5.48. The molecule has 1 fully saturated rings. The third-order valence-corrected chi connectivity index (χ3v) is 4.77. The van der Waals surface area contributed by atoms with Crippen LogP contribution in [0.5, 0.6) is 0 Å². The largest absolute Gasteiger partial charge is 0.320 e. The first-order valence-electron chi connectivity index (χ1n) is 6.95. The lowest BCUT2D eigenvalue weighted by atomic mass is 9.79. The minimum Gasteiger partial charge on any atom is -0.320 e. The molecule has 0 heterocycles. The Bertz CT molecular complexity index is 602. The molecular weight excluding hydrogens is 334 g/mol. The second-order valence-corrected chi connectivity index (χ2v) is 6.83. The molecule has 0 aliphatic heterocycles. The van der Waals surface area contributed by atoms with Crippen molar-refractivity contribution < 1.29 is 0 Å². The molecule has 1 unspecified atom stereocenters. The van der Waals surface area contributed by atoms with E-state index in [1.54, 1.807) is 0 Å². The number of hydrogen-bond acceptors (Lipinski definition) is 1. The average Bonchev–Trinajstić information content (AvgIpc) is 2.35. The summed E-state index contributed by atoms with van der Waals surface area (Å²) in [5, 5.41) is 0.708. The molecule has 0 aromatic heterocycles. The third kappa shape index (κ3) is 2.93. The van der Waals surface area contributed by atoms with Crippen molar-refractivity contribution in [3.05, 3.63) is 68.7 Å². The van der Waals surface area contributed by atoms with Gasteiger partial charge < -0.3 is 5.73 Å². The highest BCUT2D eigenvalue weighted by Gasteiger charge is 2.20. The summed E-state index contributed by atoms with van der Waals surface area (Å²) in [6.45, 7) is 0. The molecule has 2 N–H and O–H groups in total. The van der Waals surface area contributed by atoms with Crippen molar-refractivity contribution in [3.8, 4) is 0 Å². The van der Waals surface area contributed by atoms with Gasteiger partial charge in [0, 0.05) is 9.50 Å². The van der Waals surface area contributed by atoms with Crippen LogP contribution in [0.2, 0.25) is 5.02 Å². The van der Waals surface area contributed by atoms with Crippen molar-refractivity contribution in [3.63, 3.8) is 0 Å². The molecule has 3 heteroatoms. The molecule has 2 aromatic carbocycles. The third-order valence-electron chi connectivity index (χ3n) is 4.09. The van der Waals surface area contributed by atoms with Crippen LogP contribution in [-0.2, 0) is 0 Å². The summed E-state index contributed by atoms with van der Waals surface area (Å²) in [6, 6.07) is 14.4. The van der Waals surface area contributed by atoms with Gasteiger partial charge in [-0.2, -0.15) is 0 Å². The maximum Gasteiger partial charge on any atom is 0.0552 e. The van der Waals surface area contributed by atoms with E-state index in [1.165, 1.54) is 24.8 Å². The van der Waals surface area contributed by atoms with Gasteiger partial charge >= 0.3 is 0 Å². The number of benzene rings is 2. The second kappa shape index (κ2) is 5.88. The predicted molar refractivity (Wildman–Crippen MR) is 88.2 cm³/mol. The molecule has 2 aromatic rings. The average molecular weight is 351 g/mol. The van der Waals surface area contributed by atoms with Crippen molar-refractivity contribution in [2.24, 2.45) is 5.73 Å². The van der Waals surface area contributed by atoms with Crippen LogP contribution in [0.1, 0.15) is 47.9 Å². The van der Waals surface area contributed by atoms with Crippen LogP contribution in [0.25, 0.3) is 0 Å². The van der Waals surface area contributed by atoms with Gasteiger partial charge in [-0.1, -0.05) is 58.2 Å². The number of hydrogen-bond donors (Lipinski definition) is 1. The molecule has 0 amide bonds. The summed E-state index contributed by atoms with van der Waals surface area (Å²) < 4.78 is 0.964. The van der Waals surface area contributed by atoms with Gasteiger partial charge in [-0.25, -0.2) is 0 Å². The summed E-state index contributed by atoms with van der Waals surface area (Å²) in [5.74, 6) is 0.730. The molecule has 3 rings (SSSR count). The lowest BCUT2D eigenvalue weighted by molar-refractivity contribution is 0.419. The summed E-state index contributed by atoms with van der Waals surface area (Å²) in [4.78, 5) is 0. The zero-order valence-electron chi connectivity index (χ0n) is 11.2. The first-order chi connectivity index (χ1) is 9.63. The Labute approximate surface area is 133 Å². The Morgan fingerprint density at radius 1 is 1.10 bits per heavy atom. The number of rotatable bonds is 3. The van der Waals surface area contributed by atoms with Crippen LogP contribution in [0, 0.1) is 0 Å². The molecule has 0 bridgehead atoms. The van der Waals surface area contributed by atoms with E-state index in [2.05, 4.69) is 40.2 Å². The lowest BCUT2D eigenvalue weighted by Crippen LogP contribution is -2.14. The van der Waals surface area contributed by atoms with E-state index < -0.39 is 0 Å². The van der Waals surface area contributed by atoms with E-state index in [4.69, 9.17) is 17.3 Å². The van der Waals surface area contributed by atoms with Gasteiger partial charge in [-0.15, -0.1) is 0 Å². The van der Waals surface area contributed by atoms with Crippen molar-refractivity contribution in [1.29, 1.82) is 0 Å². The fraction of sp³-hybridized carbons (Fsp3) is 0.294. The first-order valence-corrected chi connectivity index (χ1v) is 8.12. The Hall–Kier alpha value is -0.830. The van der Waals surface area contributed by atoms with Crippen molar-refractivity contribution in [1.82, 2.24) is 0 Å². The first kappa shape index (κ1) is 14.1. The minimum atomic E-state index is -0.134. The van der Waals surface area contributed by atoms with Crippen LogP contribution in [-0.4, -0.2) is 0 Å². The van der Waals surface area contributed by atoms with E-state index in [0.717, 1.165) is 21.5 Å². The zero-order chi connectivity index (χ0) is 14.1. The lowest BCUT2D eigenvalue weighted by Gasteiger charge is -2.26. The highest BCUT2D eigenvalue weighted by atomic mass is 79.9. The zero-order valence-corrected chi connectivity index (χ0v) is 13.5. The molecule has 1 saturated carbocycles. The fourth-order valence-electron chi connectivity index (χ4n) is 2.70. The monoisotopic (exact) mass is 349 g/mol. The quantitative estimate of drug-likeness (QED) is 0.786. The molecular formula is C17H17BrClN. The van der Waals surface area contributed by atoms with E-state index in [-0.39, 0.29) is 6.04 Å². The predicted octanol–water partition coefficient (Wildman–Crippen LogP) is 5.42. The summed E-state index contributed by atoms with van der Waals surface area (Å²) >= 11 is 9.58. The molecule has 1 nitrogen and oxygen atoms in total. The highest BCUT2D eigenvalue weighted by Crippen LogP contribution is 2.37. The maximum absolute atomic E-state index is 6.40. The van der Waals surface area contributed by atoms with Crippen LogP contribution in [0.4, 0.5) is 0 Å². The smallest absolute Gasteiger partial charge is 0.0552 e. The normalized spacial score (nSPS) is 16.8. The Morgan fingerprint density at radius 2 is 1.90 bits per heavy atom. The molecule has 0 saturated heterocycles. The van der Waals surface area contributed by atoms with Crippen LogP contribution in [0.3, 0.4) is 0 Å². The van der Waals surface area contributed by atoms with Gasteiger partial charge in [-0.3, -0.25) is 0 Å². The molecule has 20 heavy (non-hydrogen) atoms. The summed E-state index contributed by atoms with van der Waals surface area (Å²) in [7, 11) is 0. The van der Waals surface area contributed by atoms with Crippen LogP contribution < -0.4 is 5.73 Å². The SMILES string of the molecule is NC(c1cc(Cl)cc(Br)c1)c1cccc(C2CCC2)c1. The molecule has 0 radical (unpaired) electrons. The summed E-state index contributed by atoms with van der Waals surface area (Å²) in [5.41, 5.74) is 10.0. The minimum absolute atomic E-state index is 0.134. The van der Waals surface area contributed by atoms with Gasteiger partial charge in [0.2, 0.25) is 0 Å². The van der Waals surface area contributed by atoms with Crippen LogP contribution in [0.15, 0.2) is 46.9 Å². The maximum atomic E-state index is 6.40. The van der Waals surface area contributed by atoms with E-state index in [0.29, 0.717) is 5.02 Å². The van der Waals surface area contributed by atoms with E-state index in [1.807, 2.05) is 18.2 Å². The van der Waals surface area contributed by atoms with Gasteiger partial charge in [0.25, 0.3) is 0 Å². The van der Waals surface area contributed by atoms with Gasteiger partial charge in [0.15, 0.2) is 0 Å². The van der Waals surface area contributed by atoms with Gasteiger partial charge in [-0.05, 0) is 53.6 Å². The fourth-order valence-corrected chi connectivity index (χ4v) is 3.58. The molecule has 0 spiro atoms. The molecule has 1 atom stereocenters. The summed E-state index contributed by atoms with van der Waals surface area (Å²) in [6.07, 6.45) is 3.96.